The van der Waals surface area contributed by atoms with Crippen LogP contribution in [0.4, 0.5) is 0 Å². The predicted molar refractivity (Wildman–Crippen MR) is 208 cm³/mol. The molecule has 0 fully saturated rings. The van der Waals surface area contributed by atoms with E-state index in [0.29, 0.717) is 11.0 Å². The summed E-state index contributed by atoms with van der Waals surface area (Å²) in [5.74, 6) is 0. The first-order chi connectivity index (χ1) is 28.5. The van der Waals surface area contributed by atoms with Gasteiger partial charge in [-0.2, -0.15) is 0 Å². The molecule has 1 heterocycles. The van der Waals surface area contributed by atoms with Gasteiger partial charge in [-0.3, -0.25) is 0 Å². The van der Waals surface area contributed by atoms with Crippen LogP contribution in [0.5, 0.6) is 0 Å². The van der Waals surface area contributed by atoms with Gasteiger partial charge < -0.3 is 4.42 Å². The molecule has 0 aliphatic carbocycles. The SMILES string of the molecule is [2H]c1c([2H])c([2H])c(-c2c([2H])c3c4cc(-c5c6ccccc6c(-c6cccc(-c7ccccc7)c6)c6ccccc56)ccc4oc3c3c([2H])c([2H])c([2H])c([2H])c23)c([2H])c1[2H]. The van der Waals surface area contributed by atoms with Gasteiger partial charge in [-0.1, -0.05) is 158 Å². The van der Waals surface area contributed by atoms with E-state index in [2.05, 4.69) is 60.7 Å². The van der Waals surface area contributed by atoms with E-state index in [9.17, 15) is 1.37 Å². The van der Waals surface area contributed by atoms with Gasteiger partial charge in [0.15, 0.2) is 0 Å². The summed E-state index contributed by atoms with van der Waals surface area (Å²) >= 11 is 0. The van der Waals surface area contributed by atoms with Crippen molar-refractivity contribution in [1.82, 2.24) is 0 Å². The summed E-state index contributed by atoms with van der Waals surface area (Å²) in [5.41, 5.74) is 6.00. The van der Waals surface area contributed by atoms with Gasteiger partial charge in [-0.05, 0) is 95.7 Å². The van der Waals surface area contributed by atoms with Gasteiger partial charge in [-0.25, -0.2) is 0 Å². The summed E-state index contributed by atoms with van der Waals surface area (Å²) in [5, 5.41) is 4.52. The molecule has 0 N–H and O–H groups in total. The van der Waals surface area contributed by atoms with Crippen LogP contribution in [0.25, 0.3) is 98.8 Å². The molecule has 0 amide bonds. The third-order valence-electron chi connectivity index (χ3n) is 9.33. The smallest absolute Gasteiger partial charge is 0.143 e. The summed E-state index contributed by atoms with van der Waals surface area (Å²) in [7, 11) is 0. The Morgan fingerprint density at radius 3 is 1.63 bits per heavy atom. The maximum atomic E-state index is 9.73. The maximum absolute atomic E-state index is 9.73. The monoisotopic (exact) mass is 632 g/mol. The average molecular weight is 633 g/mol. The zero-order valence-electron chi connectivity index (χ0n) is 36.0. The minimum absolute atomic E-state index is 0.0421. The van der Waals surface area contributed by atoms with Gasteiger partial charge >= 0.3 is 0 Å². The molecular weight excluding hydrogens is 593 g/mol. The number of benzene rings is 9. The molecule has 0 atom stereocenters. The highest BCUT2D eigenvalue weighted by atomic mass is 16.3. The van der Waals surface area contributed by atoms with Crippen molar-refractivity contribution >= 4 is 54.3 Å². The molecule has 0 aliphatic heterocycles. The molecule has 228 valence electrons. The molecule has 0 spiro atoms. The van der Waals surface area contributed by atoms with E-state index in [1.807, 2.05) is 54.6 Å². The number of hydrogen-bond donors (Lipinski definition) is 0. The van der Waals surface area contributed by atoms with Gasteiger partial charge in [-0.15, -0.1) is 0 Å². The van der Waals surface area contributed by atoms with Crippen molar-refractivity contribution in [2.24, 2.45) is 0 Å². The van der Waals surface area contributed by atoms with Crippen LogP contribution >= 0.6 is 0 Å². The summed E-state index contributed by atoms with van der Waals surface area (Å²) in [6.45, 7) is 0. The first-order valence-corrected chi connectivity index (χ1v) is 16.0. The summed E-state index contributed by atoms with van der Waals surface area (Å²) in [4.78, 5) is 0. The summed E-state index contributed by atoms with van der Waals surface area (Å²) < 4.78 is 94.1. The molecule has 9 aromatic carbocycles. The lowest BCUT2D eigenvalue weighted by Gasteiger charge is -2.18. The van der Waals surface area contributed by atoms with Crippen LogP contribution in [-0.2, 0) is 0 Å². The molecule has 0 saturated carbocycles. The Bertz CT molecular complexity index is 3360. The lowest BCUT2D eigenvalue weighted by Crippen LogP contribution is -1.91. The Labute approximate surface area is 298 Å². The zero-order chi connectivity index (χ0) is 41.0. The molecule has 0 saturated heterocycles. The minimum atomic E-state index is -0.622. The van der Waals surface area contributed by atoms with Crippen molar-refractivity contribution in [1.29, 1.82) is 0 Å². The summed E-state index contributed by atoms with van der Waals surface area (Å²) in [6, 6.07) is 35.6. The van der Waals surface area contributed by atoms with E-state index in [1.165, 1.54) is 0 Å². The fourth-order valence-corrected chi connectivity index (χ4v) is 7.21. The number of fused-ring (bicyclic) bond motifs is 7. The number of hydrogen-bond acceptors (Lipinski definition) is 1. The van der Waals surface area contributed by atoms with Crippen LogP contribution < -0.4 is 0 Å². The van der Waals surface area contributed by atoms with E-state index in [4.69, 9.17) is 16.8 Å². The van der Waals surface area contributed by atoms with Crippen LogP contribution in [0.15, 0.2) is 186 Å². The Balaban J connectivity index is 1.31. The molecule has 49 heavy (non-hydrogen) atoms. The molecule has 0 radical (unpaired) electrons. The number of rotatable bonds is 4. The Kier molecular flexibility index (Phi) is 4.39. The van der Waals surface area contributed by atoms with Crippen molar-refractivity contribution < 1.29 is 18.1 Å². The third kappa shape index (κ3) is 4.40. The van der Waals surface area contributed by atoms with E-state index in [1.54, 1.807) is 6.07 Å². The predicted octanol–water partition coefficient (Wildman–Crippen LogP) is 13.7. The average Bonchev–Trinajstić information content (AvgIpc) is 3.65. The highest BCUT2D eigenvalue weighted by molar-refractivity contribution is 6.23. The van der Waals surface area contributed by atoms with Crippen molar-refractivity contribution in [2.45, 2.75) is 0 Å². The zero-order valence-corrected chi connectivity index (χ0v) is 26.0. The fraction of sp³-hybridized carbons (Fsp3) is 0. The molecule has 0 aliphatic rings. The molecule has 1 heteroatoms. The van der Waals surface area contributed by atoms with Crippen LogP contribution in [0.1, 0.15) is 13.7 Å². The van der Waals surface area contributed by atoms with Crippen LogP contribution in [0.2, 0.25) is 0 Å². The van der Waals surface area contributed by atoms with E-state index in [-0.39, 0.29) is 38.9 Å². The second kappa shape index (κ2) is 11.1. The molecule has 10 aromatic rings. The van der Waals surface area contributed by atoms with Crippen molar-refractivity contribution in [2.75, 3.05) is 0 Å². The number of furan rings is 1. The van der Waals surface area contributed by atoms with Crippen molar-refractivity contribution in [3.63, 3.8) is 0 Å². The van der Waals surface area contributed by atoms with Crippen molar-refractivity contribution in [3.8, 4) is 44.5 Å². The molecular formula is C48H30O. The van der Waals surface area contributed by atoms with E-state index < -0.39 is 54.4 Å². The van der Waals surface area contributed by atoms with Gasteiger partial charge in [0.2, 0.25) is 0 Å². The Hall–Kier alpha value is -6.44. The molecule has 1 aromatic heterocycles. The van der Waals surface area contributed by atoms with Crippen LogP contribution in [0, 0.1) is 0 Å². The topological polar surface area (TPSA) is 13.1 Å². The van der Waals surface area contributed by atoms with Crippen molar-refractivity contribution in [3.05, 3.63) is 182 Å². The minimum Gasteiger partial charge on any atom is -0.455 e. The Morgan fingerprint density at radius 1 is 0.367 bits per heavy atom. The fourth-order valence-electron chi connectivity index (χ4n) is 7.21. The van der Waals surface area contributed by atoms with E-state index in [0.717, 1.165) is 54.9 Å². The highest BCUT2D eigenvalue weighted by Crippen LogP contribution is 2.46. The summed E-state index contributed by atoms with van der Waals surface area (Å²) in [6.07, 6.45) is 0. The lowest BCUT2D eigenvalue weighted by molar-refractivity contribution is 0.673. The second-order valence-electron chi connectivity index (χ2n) is 12.1. The normalized spacial score (nSPS) is 14.5. The van der Waals surface area contributed by atoms with Gasteiger partial charge in [0.25, 0.3) is 0 Å². The van der Waals surface area contributed by atoms with Crippen LogP contribution in [0.3, 0.4) is 0 Å². The third-order valence-corrected chi connectivity index (χ3v) is 9.33. The first kappa shape index (κ1) is 19.4. The molecule has 1 nitrogen and oxygen atoms in total. The molecule has 0 unspecified atom stereocenters. The Morgan fingerprint density at radius 2 is 0.939 bits per heavy atom. The first-order valence-electron chi connectivity index (χ1n) is 21.0. The molecule has 10 rings (SSSR count). The van der Waals surface area contributed by atoms with Gasteiger partial charge in [0, 0.05) is 16.2 Å². The standard InChI is InChI=1S/C48H30O/c1-3-14-31(15-4-1)33-18-13-19-34(28-33)46-37-21-8-10-23-39(37)47(40-24-11-9-22-38(40)46)35-26-27-45-43(29-35)44-30-42(32-16-5-2-6-17-32)36-20-7-12-25-41(36)48(44)49-45/h1-30H/i2D,5D,6D,7D,12D,16D,17D,20D,25D,30D. The van der Waals surface area contributed by atoms with Crippen LogP contribution in [-0.4, -0.2) is 0 Å². The largest absolute Gasteiger partial charge is 0.455 e. The quantitative estimate of drug-likeness (QED) is 0.176. The maximum Gasteiger partial charge on any atom is 0.143 e. The van der Waals surface area contributed by atoms with Gasteiger partial charge in [0.1, 0.15) is 11.2 Å². The van der Waals surface area contributed by atoms with Gasteiger partial charge in [0.05, 0.1) is 13.7 Å². The van der Waals surface area contributed by atoms with E-state index >= 15 is 0 Å². The molecule has 0 bridgehead atoms. The lowest BCUT2D eigenvalue weighted by atomic mass is 9.85. The second-order valence-corrected chi connectivity index (χ2v) is 12.1. The highest BCUT2D eigenvalue weighted by Gasteiger charge is 2.19.